The quantitative estimate of drug-likeness (QED) is 0.754. The number of ketones is 1. The fourth-order valence-corrected chi connectivity index (χ4v) is 2.95. The van der Waals surface area contributed by atoms with Gasteiger partial charge in [0.2, 0.25) is 5.91 Å². The summed E-state index contributed by atoms with van der Waals surface area (Å²) >= 11 is 0. The van der Waals surface area contributed by atoms with Crippen LogP contribution in [0.5, 0.6) is 0 Å². The maximum atomic E-state index is 12.6. The van der Waals surface area contributed by atoms with Crippen LogP contribution >= 0.6 is 0 Å². The lowest BCUT2D eigenvalue weighted by Crippen LogP contribution is -2.36. The highest BCUT2D eigenvalue weighted by Gasteiger charge is 2.40. The number of hydrogen-bond donors (Lipinski definition) is 2. The predicted octanol–water partition coefficient (Wildman–Crippen LogP) is 2.53. The number of hydrazone groups is 1. The van der Waals surface area contributed by atoms with Crippen molar-refractivity contribution in [2.24, 2.45) is 16.8 Å². The summed E-state index contributed by atoms with van der Waals surface area (Å²) in [6.45, 7) is 3.95. The second kappa shape index (κ2) is 8.04. The molecular formula is C21H22N4O3. The number of Topliss-reactive ketones (excluding diaryl/α,β-unsaturated/α-hetero) is 1. The molecule has 7 nitrogen and oxygen atoms in total. The van der Waals surface area contributed by atoms with Crippen molar-refractivity contribution in [3.8, 4) is 0 Å². The maximum absolute atomic E-state index is 12.6. The molecule has 1 aliphatic rings. The Kier molecular flexibility index (Phi) is 5.54. The maximum Gasteiger partial charge on any atom is 0.265 e. The third-order valence-electron chi connectivity index (χ3n) is 4.68. The van der Waals surface area contributed by atoms with E-state index in [1.807, 2.05) is 38.1 Å². The Morgan fingerprint density at radius 1 is 1.07 bits per heavy atom. The second-order valence-corrected chi connectivity index (χ2v) is 6.76. The molecule has 2 aromatic carbocycles. The van der Waals surface area contributed by atoms with Crippen LogP contribution in [0.25, 0.3) is 0 Å². The van der Waals surface area contributed by atoms with Gasteiger partial charge in [-0.2, -0.15) is 10.1 Å². The number of nitrogens with one attached hydrogen (secondary N) is 1. The Labute approximate surface area is 163 Å². The lowest BCUT2D eigenvalue weighted by atomic mass is 9.98. The predicted molar refractivity (Wildman–Crippen MR) is 108 cm³/mol. The molecular weight excluding hydrogens is 356 g/mol. The minimum atomic E-state index is -1.14. The number of para-hydroxylation sites is 1. The monoisotopic (exact) mass is 378 g/mol. The van der Waals surface area contributed by atoms with Crippen molar-refractivity contribution in [2.75, 3.05) is 10.3 Å². The van der Waals surface area contributed by atoms with Crippen molar-refractivity contribution in [1.29, 1.82) is 0 Å². The number of hydrogen-bond acceptors (Lipinski definition) is 5. The van der Waals surface area contributed by atoms with Gasteiger partial charge >= 0.3 is 0 Å². The van der Waals surface area contributed by atoms with Crippen molar-refractivity contribution in [1.82, 2.24) is 0 Å². The average Bonchev–Trinajstić information content (AvgIpc) is 2.98. The molecule has 0 fully saturated rings. The first kappa shape index (κ1) is 19.3. The molecule has 2 aromatic rings. The largest absolute Gasteiger partial charge is 0.385 e. The Hall–Kier alpha value is -3.48. The molecule has 144 valence electrons. The van der Waals surface area contributed by atoms with Crippen molar-refractivity contribution < 1.29 is 14.4 Å². The zero-order valence-electron chi connectivity index (χ0n) is 15.8. The average molecular weight is 378 g/mol. The van der Waals surface area contributed by atoms with E-state index >= 15 is 0 Å². The van der Waals surface area contributed by atoms with E-state index < -0.39 is 17.6 Å². The van der Waals surface area contributed by atoms with E-state index in [4.69, 9.17) is 5.73 Å². The summed E-state index contributed by atoms with van der Waals surface area (Å²) in [5.41, 5.74) is 9.24. The van der Waals surface area contributed by atoms with Crippen LogP contribution < -0.4 is 16.1 Å². The van der Waals surface area contributed by atoms with E-state index in [0.717, 1.165) is 16.1 Å². The van der Waals surface area contributed by atoms with E-state index in [1.165, 1.54) is 0 Å². The van der Waals surface area contributed by atoms with Gasteiger partial charge in [0.05, 0.1) is 5.69 Å². The molecule has 3 rings (SSSR count). The second-order valence-electron chi connectivity index (χ2n) is 6.76. The molecule has 2 amide bonds. The highest BCUT2D eigenvalue weighted by atomic mass is 16.2. The molecule has 0 aromatic heterocycles. The third kappa shape index (κ3) is 4.09. The molecule has 0 unspecified atom stereocenters. The van der Waals surface area contributed by atoms with Gasteiger partial charge < -0.3 is 11.1 Å². The molecule has 0 radical (unpaired) electrons. The van der Waals surface area contributed by atoms with Gasteiger partial charge in [0.1, 0.15) is 5.84 Å². The first-order chi connectivity index (χ1) is 13.4. The molecule has 7 heteroatoms. The summed E-state index contributed by atoms with van der Waals surface area (Å²) in [6, 6.07) is 14.4. The van der Waals surface area contributed by atoms with E-state index in [2.05, 4.69) is 10.4 Å². The van der Waals surface area contributed by atoms with Gasteiger partial charge in [-0.05, 0) is 49.2 Å². The van der Waals surface area contributed by atoms with Gasteiger partial charge in [-0.3, -0.25) is 14.4 Å². The van der Waals surface area contributed by atoms with Crippen LogP contribution in [0.2, 0.25) is 0 Å². The summed E-state index contributed by atoms with van der Waals surface area (Å²) in [5.74, 6) is -2.40. The number of aryl methyl sites for hydroxylation is 2. The fourth-order valence-electron chi connectivity index (χ4n) is 2.95. The zero-order valence-corrected chi connectivity index (χ0v) is 15.8. The standard InChI is InChI=1S/C21H22N4O3/c1-13-8-9-15(12-14(13)2)23-18(27)11-10-17(26)19-20(22)24-25(21(19)28)16-6-4-3-5-7-16/h3-9,12,19H,10-11H2,1-2H3,(H2,22,24)(H,23,27)/t19-/m0/s1. The molecule has 0 saturated heterocycles. The van der Waals surface area contributed by atoms with Crippen LogP contribution in [0.1, 0.15) is 24.0 Å². The van der Waals surface area contributed by atoms with Crippen molar-refractivity contribution in [3.63, 3.8) is 0 Å². The lowest BCUT2D eigenvalue weighted by Gasteiger charge is -2.13. The van der Waals surface area contributed by atoms with Gasteiger partial charge in [-0.1, -0.05) is 24.3 Å². The Morgan fingerprint density at radius 2 is 1.79 bits per heavy atom. The van der Waals surface area contributed by atoms with Crippen LogP contribution in [-0.4, -0.2) is 23.4 Å². The topological polar surface area (TPSA) is 105 Å². The highest BCUT2D eigenvalue weighted by Crippen LogP contribution is 2.24. The van der Waals surface area contributed by atoms with Gasteiger partial charge in [0.15, 0.2) is 11.7 Å². The first-order valence-corrected chi connectivity index (χ1v) is 8.99. The minimum absolute atomic E-state index is 0.0336. The molecule has 3 N–H and O–H groups in total. The molecule has 0 saturated carbocycles. The van der Waals surface area contributed by atoms with Crippen molar-refractivity contribution in [2.45, 2.75) is 26.7 Å². The van der Waals surface area contributed by atoms with Crippen LogP contribution in [0.3, 0.4) is 0 Å². The highest BCUT2D eigenvalue weighted by molar-refractivity contribution is 6.26. The number of nitrogens with two attached hydrogens (primary N) is 1. The molecule has 1 atom stereocenters. The normalized spacial score (nSPS) is 16.1. The Bertz CT molecular complexity index is 953. The fraction of sp³-hybridized carbons (Fsp3) is 0.238. The summed E-state index contributed by atoms with van der Waals surface area (Å²) in [4.78, 5) is 37.2. The summed E-state index contributed by atoms with van der Waals surface area (Å²) in [6.07, 6.45) is -0.125. The molecule has 0 spiro atoms. The van der Waals surface area contributed by atoms with Crippen molar-refractivity contribution in [3.05, 3.63) is 59.7 Å². The number of benzene rings is 2. The van der Waals surface area contributed by atoms with Crippen LogP contribution in [0, 0.1) is 19.8 Å². The number of amidine groups is 1. The number of nitrogens with zero attached hydrogens (tertiary/aromatic N) is 2. The Morgan fingerprint density at radius 3 is 2.46 bits per heavy atom. The number of amides is 2. The molecule has 28 heavy (non-hydrogen) atoms. The SMILES string of the molecule is Cc1ccc(NC(=O)CCC(=O)[C@@H]2C(=O)N(c3ccccc3)N=C2N)cc1C. The van der Waals surface area contributed by atoms with E-state index in [1.54, 1.807) is 24.3 Å². The zero-order chi connectivity index (χ0) is 20.3. The number of rotatable bonds is 6. The summed E-state index contributed by atoms with van der Waals surface area (Å²) in [5, 5.41) is 7.91. The van der Waals surface area contributed by atoms with Crippen LogP contribution in [0.4, 0.5) is 11.4 Å². The lowest BCUT2D eigenvalue weighted by molar-refractivity contribution is -0.130. The first-order valence-electron chi connectivity index (χ1n) is 8.99. The Balaban J connectivity index is 1.58. The van der Waals surface area contributed by atoms with E-state index in [0.29, 0.717) is 11.4 Å². The van der Waals surface area contributed by atoms with Crippen LogP contribution in [0.15, 0.2) is 53.6 Å². The van der Waals surface area contributed by atoms with Crippen LogP contribution in [-0.2, 0) is 14.4 Å². The van der Waals surface area contributed by atoms with Crippen molar-refractivity contribution >= 4 is 34.8 Å². The van der Waals surface area contributed by atoms with E-state index in [9.17, 15) is 14.4 Å². The number of carbonyl (C=O) groups excluding carboxylic acids is 3. The van der Waals surface area contributed by atoms with Gasteiger partial charge in [-0.15, -0.1) is 0 Å². The smallest absolute Gasteiger partial charge is 0.265 e. The molecule has 1 aliphatic heterocycles. The van der Waals surface area contributed by atoms with Gasteiger partial charge in [0, 0.05) is 18.5 Å². The molecule has 0 bridgehead atoms. The van der Waals surface area contributed by atoms with Gasteiger partial charge in [0.25, 0.3) is 5.91 Å². The summed E-state index contributed by atoms with van der Waals surface area (Å²) in [7, 11) is 0. The third-order valence-corrected chi connectivity index (χ3v) is 4.68. The number of carbonyl (C=O) groups is 3. The summed E-state index contributed by atoms with van der Waals surface area (Å²) < 4.78 is 0. The van der Waals surface area contributed by atoms with Gasteiger partial charge in [-0.25, -0.2) is 0 Å². The molecule has 0 aliphatic carbocycles. The van der Waals surface area contributed by atoms with E-state index in [-0.39, 0.29) is 24.6 Å². The minimum Gasteiger partial charge on any atom is -0.385 e. The number of anilines is 2. The molecule has 1 heterocycles.